The molecule has 0 saturated carbocycles. The Balaban J connectivity index is 1.51. The zero-order chi connectivity index (χ0) is 20.2. The van der Waals surface area contributed by atoms with Gasteiger partial charge in [-0.3, -0.25) is 10.1 Å². The smallest absolute Gasteiger partial charge is 0.129 e. The van der Waals surface area contributed by atoms with E-state index in [0.29, 0.717) is 29.6 Å². The minimum absolute atomic E-state index is 0.374. The van der Waals surface area contributed by atoms with E-state index in [-0.39, 0.29) is 0 Å². The molecule has 0 aliphatic carbocycles. The van der Waals surface area contributed by atoms with Crippen LogP contribution >= 0.6 is 0 Å². The van der Waals surface area contributed by atoms with E-state index in [9.17, 15) is 0 Å². The van der Waals surface area contributed by atoms with Crippen molar-refractivity contribution < 1.29 is 4.74 Å². The second-order valence-electron chi connectivity index (χ2n) is 7.16. The van der Waals surface area contributed by atoms with Crippen LogP contribution in [0, 0.1) is 5.41 Å². The minimum Gasteiger partial charge on any atom is -0.494 e. The fourth-order valence-corrected chi connectivity index (χ4v) is 3.77. The van der Waals surface area contributed by atoms with E-state index >= 15 is 0 Å². The number of ether oxygens (including phenoxy) is 1. The van der Waals surface area contributed by atoms with Gasteiger partial charge in [0.05, 0.1) is 18.4 Å². The molecule has 7 nitrogen and oxygen atoms in total. The molecule has 3 heterocycles. The number of hydrogen-bond acceptors (Lipinski definition) is 6. The topological polar surface area (TPSA) is 93.0 Å². The van der Waals surface area contributed by atoms with Crippen LogP contribution in [0.3, 0.4) is 0 Å². The fraction of sp³-hybridized carbons (Fsp3) is 0.318. The molecule has 0 atom stereocenters. The second kappa shape index (κ2) is 8.34. The van der Waals surface area contributed by atoms with Gasteiger partial charge in [-0.1, -0.05) is 0 Å². The van der Waals surface area contributed by atoms with Crippen molar-refractivity contribution in [3.05, 3.63) is 66.1 Å². The summed E-state index contributed by atoms with van der Waals surface area (Å²) >= 11 is 0. The molecule has 3 aromatic rings. The number of aromatic nitrogens is 3. The van der Waals surface area contributed by atoms with Crippen LogP contribution in [0.25, 0.3) is 0 Å². The van der Waals surface area contributed by atoms with Crippen molar-refractivity contribution in [2.75, 3.05) is 30.3 Å². The summed E-state index contributed by atoms with van der Waals surface area (Å²) in [4.78, 5) is 6.82. The average Bonchev–Trinajstić information content (AvgIpc) is 3.30. The van der Waals surface area contributed by atoms with E-state index in [2.05, 4.69) is 15.0 Å². The summed E-state index contributed by atoms with van der Waals surface area (Å²) in [6.07, 6.45) is 7.67. The molecular formula is C22H26N6O. The molecule has 1 saturated heterocycles. The Morgan fingerprint density at radius 3 is 2.76 bits per heavy atom. The summed E-state index contributed by atoms with van der Waals surface area (Å²) in [6, 6.07) is 11.7. The van der Waals surface area contributed by atoms with Crippen molar-refractivity contribution in [1.82, 2.24) is 14.8 Å². The maximum absolute atomic E-state index is 8.68. The number of piperidine rings is 1. The molecule has 4 rings (SSSR count). The number of rotatable bonds is 6. The number of nitrogens with two attached hydrogens (primary N) is 1. The van der Waals surface area contributed by atoms with Gasteiger partial charge in [-0.25, -0.2) is 4.98 Å². The van der Waals surface area contributed by atoms with Gasteiger partial charge in [0.25, 0.3) is 0 Å². The highest BCUT2D eigenvalue weighted by atomic mass is 16.5. The molecular weight excluding hydrogens is 364 g/mol. The maximum Gasteiger partial charge on any atom is 0.129 e. The molecule has 1 aromatic carbocycles. The van der Waals surface area contributed by atoms with Gasteiger partial charge < -0.3 is 15.4 Å². The summed E-state index contributed by atoms with van der Waals surface area (Å²) in [5.41, 5.74) is 8.54. The summed E-state index contributed by atoms with van der Waals surface area (Å²) in [5, 5.41) is 13.1. The van der Waals surface area contributed by atoms with Crippen LogP contribution in [0.4, 0.5) is 11.5 Å². The third kappa shape index (κ3) is 4.08. The number of nitrogens with zero attached hydrogens (tertiary/aromatic N) is 4. The minimum atomic E-state index is 0.374. The maximum atomic E-state index is 8.68. The van der Waals surface area contributed by atoms with Gasteiger partial charge in [0.1, 0.15) is 11.6 Å². The molecule has 29 heavy (non-hydrogen) atoms. The van der Waals surface area contributed by atoms with Crippen molar-refractivity contribution in [1.29, 1.82) is 5.41 Å². The lowest BCUT2D eigenvalue weighted by Gasteiger charge is -2.33. The zero-order valence-corrected chi connectivity index (χ0v) is 16.6. The van der Waals surface area contributed by atoms with Crippen molar-refractivity contribution in [3.63, 3.8) is 0 Å². The molecule has 0 unspecified atom stereocenters. The Hall–Kier alpha value is -3.35. The third-order valence-electron chi connectivity index (χ3n) is 5.33. The van der Waals surface area contributed by atoms with Gasteiger partial charge in [0, 0.05) is 48.5 Å². The average molecular weight is 390 g/mol. The van der Waals surface area contributed by atoms with Gasteiger partial charge in [-0.05, 0) is 56.2 Å². The first kappa shape index (κ1) is 19.0. The molecule has 3 N–H and O–H groups in total. The monoisotopic (exact) mass is 390 g/mol. The lowest BCUT2D eigenvalue weighted by molar-refractivity contribution is 0.340. The van der Waals surface area contributed by atoms with Crippen molar-refractivity contribution in [3.8, 4) is 5.75 Å². The van der Waals surface area contributed by atoms with Crippen molar-refractivity contribution in [2.45, 2.75) is 25.8 Å². The molecule has 1 aliphatic heterocycles. The van der Waals surface area contributed by atoms with Crippen LogP contribution in [0.1, 0.15) is 36.9 Å². The Kier molecular flexibility index (Phi) is 5.46. The number of nitrogens with one attached hydrogen (secondary N) is 1. The molecule has 150 valence electrons. The normalized spacial score (nSPS) is 14.7. The molecule has 2 aromatic heterocycles. The first-order valence-corrected chi connectivity index (χ1v) is 9.97. The highest BCUT2D eigenvalue weighted by molar-refractivity contribution is 6.14. The van der Waals surface area contributed by atoms with Crippen molar-refractivity contribution in [2.24, 2.45) is 0 Å². The highest BCUT2D eigenvalue weighted by Crippen LogP contribution is 2.27. The number of hydrogen-bond donors (Lipinski definition) is 2. The molecule has 0 amide bonds. The molecule has 0 spiro atoms. The lowest BCUT2D eigenvalue weighted by Crippen LogP contribution is -2.35. The van der Waals surface area contributed by atoms with Crippen LogP contribution in [-0.4, -0.2) is 40.2 Å². The van der Waals surface area contributed by atoms with Gasteiger partial charge >= 0.3 is 0 Å². The molecule has 0 bridgehead atoms. The third-order valence-corrected chi connectivity index (χ3v) is 5.33. The zero-order valence-electron chi connectivity index (χ0n) is 16.6. The largest absolute Gasteiger partial charge is 0.494 e. The number of nitrogen functional groups attached to an aromatic ring is 1. The number of benzene rings is 1. The molecule has 1 aliphatic rings. The number of anilines is 2. The Morgan fingerprint density at radius 2 is 2.03 bits per heavy atom. The highest BCUT2D eigenvalue weighted by Gasteiger charge is 2.22. The summed E-state index contributed by atoms with van der Waals surface area (Å²) in [5.74, 6) is 1.61. The van der Waals surface area contributed by atoms with E-state index in [4.69, 9.17) is 15.9 Å². The lowest BCUT2D eigenvalue weighted by atomic mass is 10.0. The summed E-state index contributed by atoms with van der Waals surface area (Å²) in [7, 11) is 0. The first-order valence-electron chi connectivity index (χ1n) is 9.97. The van der Waals surface area contributed by atoms with Crippen LogP contribution < -0.4 is 15.4 Å². The van der Waals surface area contributed by atoms with Crippen molar-refractivity contribution >= 4 is 17.2 Å². The van der Waals surface area contributed by atoms with E-state index < -0.39 is 0 Å². The fourth-order valence-electron chi connectivity index (χ4n) is 3.77. The molecule has 1 fully saturated rings. The van der Waals surface area contributed by atoms with Gasteiger partial charge in [0.15, 0.2) is 0 Å². The van der Waals surface area contributed by atoms with E-state index in [1.54, 1.807) is 12.3 Å². The summed E-state index contributed by atoms with van der Waals surface area (Å²) in [6.45, 7) is 4.34. The van der Waals surface area contributed by atoms with Crippen LogP contribution in [0.5, 0.6) is 5.75 Å². The van der Waals surface area contributed by atoms with Gasteiger partial charge in [-0.15, -0.1) is 0 Å². The second-order valence-corrected chi connectivity index (χ2v) is 7.16. The Morgan fingerprint density at radius 1 is 1.21 bits per heavy atom. The quantitative estimate of drug-likeness (QED) is 0.496. The summed E-state index contributed by atoms with van der Waals surface area (Å²) < 4.78 is 7.61. The predicted molar refractivity (Wildman–Crippen MR) is 115 cm³/mol. The van der Waals surface area contributed by atoms with Crippen LogP contribution in [0.2, 0.25) is 0 Å². The predicted octanol–water partition coefficient (Wildman–Crippen LogP) is 3.52. The Labute approximate surface area is 170 Å². The van der Waals surface area contributed by atoms with Crippen LogP contribution in [-0.2, 0) is 0 Å². The van der Waals surface area contributed by atoms with E-state index in [0.717, 1.165) is 43.1 Å². The van der Waals surface area contributed by atoms with E-state index in [1.807, 2.05) is 54.3 Å². The molecule has 0 radical (unpaired) electrons. The van der Waals surface area contributed by atoms with Gasteiger partial charge in [-0.2, -0.15) is 5.10 Å². The standard InChI is InChI=1S/C22H26N6O/c1-2-29-18-4-5-20(23)19(15-18)22(24)16-6-10-25-21(14-16)27-12-7-17(8-13-27)28-11-3-9-26-28/h3-6,9-11,14-15,17,24H,2,7-8,12-13,23H2,1H3. The molecule has 7 heteroatoms. The van der Waals surface area contributed by atoms with Crippen LogP contribution in [0.15, 0.2) is 55.0 Å². The van der Waals surface area contributed by atoms with Gasteiger partial charge in [0.2, 0.25) is 0 Å². The first-order chi connectivity index (χ1) is 14.2. The Bertz CT molecular complexity index is 977. The SMILES string of the molecule is CCOc1ccc(N)c(C(=N)c2ccnc(N3CCC(n4cccn4)CC3)c2)c1. The number of pyridine rings is 1. The van der Waals surface area contributed by atoms with E-state index in [1.165, 1.54) is 0 Å².